The zero-order chi connectivity index (χ0) is 43.9. The fourth-order valence-electron chi connectivity index (χ4n) is 10.7. The topological polar surface area (TPSA) is 8.17 Å². The van der Waals surface area contributed by atoms with Gasteiger partial charge in [-0.3, -0.25) is 0 Å². The van der Waals surface area contributed by atoms with Crippen molar-refractivity contribution in [1.29, 1.82) is 0 Å². The molecule has 0 saturated carbocycles. The Morgan fingerprint density at radius 2 is 0.909 bits per heavy atom. The molecule has 0 unspecified atom stereocenters. The lowest BCUT2D eigenvalue weighted by atomic mass is 9.82. The molecule has 0 fully saturated rings. The van der Waals surface area contributed by atoms with E-state index in [0.717, 1.165) is 17.1 Å². The van der Waals surface area contributed by atoms with Gasteiger partial charge in [0.2, 0.25) is 0 Å². The summed E-state index contributed by atoms with van der Waals surface area (Å²) in [5.74, 6) is 0. The molecule has 13 rings (SSSR count). The van der Waals surface area contributed by atoms with Crippen LogP contribution in [0.3, 0.4) is 0 Å². The Hall–Kier alpha value is -7.98. The third kappa shape index (κ3) is 6.08. The molecule has 2 heterocycles. The monoisotopic (exact) mass is 860 g/mol. The normalized spacial score (nSPS) is 12.8. The number of aromatic nitrogens is 1. The summed E-state index contributed by atoms with van der Waals surface area (Å²) in [6, 6.07) is 84.9. The van der Waals surface area contributed by atoms with Gasteiger partial charge >= 0.3 is 0 Å². The van der Waals surface area contributed by atoms with E-state index in [9.17, 15) is 0 Å². The summed E-state index contributed by atoms with van der Waals surface area (Å²) in [6.45, 7) is 4.71. The van der Waals surface area contributed by atoms with Gasteiger partial charge < -0.3 is 9.47 Å². The summed E-state index contributed by atoms with van der Waals surface area (Å²) in [5, 5.41) is 5.24. The Kier molecular flexibility index (Phi) is 8.78. The Bertz CT molecular complexity index is 3800. The first-order valence-corrected chi connectivity index (χ1v) is 23.6. The molecule has 66 heavy (non-hydrogen) atoms. The Labute approximate surface area is 388 Å². The molecule has 1 aliphatic rings. The van der Waals surface area contributed by atoms with Crippen molar-refractivity contribution < 1.29 is 0 Å². The van der Waals surface area contributed by atoms with E-state index in [1.807, 2.05) is 11.3 Å². The third-order valence-electron chi connectivity index (χ3n) is 14.0. The van der Waals surface area contributed by atoms with Crippen LogP contribution in [0.2, 0.25) is 0 Å². The van der Waals surface area contributed by atoms with Gasteiger partial charge in [0.1, 0.15) is 0 Å². The van der Waals surface area contributed by atoms with E-state index in [1.54, 1.807) is 0 Å². The van der Waals surface area contributed by atoms with Crippen LogP contribution in [0.5, 0.6) is 0 Å². The van der Waals surface area contributed by atoms with E-state index in [0.29, 0.717) is 0 Å². The summed E-state index contributed by atoms with van der Waals surface area (Å²) in [4.78, 5) is 2.40. The molecular weight excluding hydrogens is 817 g/mol. The van der Waals surface area contributed by atoms with Crippen molar-refractivity contribution in [1.82, 2.24) is 4.57 Å². The molecule has 0 aliphatic heterocycles. The Morgan fingerprint density at radius 3 is 1.62 bits per heavy atom. The first-order valence-electron chi connectivity index (χ1n) is 22.8. The first kappa shape index (κ1) is 38.5. The van der Waals surface area contributed by atoms with Crippen LogP contribution < -0.4 is 4.90 Å². The van der Waals surface area contributed by atoms with Gasteiger partial charge in [-0.05, 0) is 128 Å². The van der Waals surface area contributed by atoms with Crippen molar-refractivity contribution in [3.63, 3.8) is 0 Å². The van der Waals surface area contributed by atoms with Gasteiger partial charge in [0.15, 0.2) is 0 Å². The lowest BCUT2D eigenvalue weighted by Gasteiger charge is -2.28. The van der Waals surface area contributed by atoms with Crippen LogP contribution in [0, 0.1) is 0 Å². The minimum atomic E-state index is -0.0979. The Balaban J connectivity index is 0.865. The quantitative estimate of drug-likeness (QED) is 0.155. The molecule has 2 aromatic heterocycles. The molecule has 0 radical (unpaired) electrons. The number of fused-ring (bicyclic) bond motifs is 10. The fourth-order valence-corrected chi connectivity index (χ4v) is 12.0. The number of hydrogen-bond acceptors (Lipinski definition) is 2. The minimum absolute atomic E-state index is 0.0979. The van der Waals surface area contributed by atoms with Crippen LogP contribution in [0.25, 0.3) is 92.2 Å². The highest BCUT2D eigenvalue weighted by atomic mass is 32.1. The number of rotatable bonds is 7. The molecule has 12 aromatic rings. The molecule has 312 valence electrons. The van der Waals surface area contributed by atoms with Crippen LogP contribution in [0.15, 0.2) is 231 Å². The molecule has 0 saturated heterocycles. The van der Waals surface area contributed by atoms with E-state index in [1.165, 1.54) is 103 Å². The summed E-state index contributed by atoms with van der Waals surface area (Å²) in [7, 11) is 0. The van der Waals surface area contributed by atoms with E-state index < -0.39 is 0 Å². The molecule has 0 amide bonds. The summed E-state index contributed by atoms with van der Waals surface area (Å²) >= 11 is 1.90. The molecular formula is C63H44N2S. The van der Waals surface area contributed by atoms with Gasteiger partial charge in [-0.2, -0.15) is 0 Å². The van der Waals surface area contributed by atoms with Crippen LogP contribution in [0.4, 0.5) is 17.1 Å². The lowest BCUT2D eigenvalue weighted by Crippen LogP contribution is -2.16. The third-order valence-corrected chi connectivity index (χ3v) is 15.2. The molecule has 3 heteroatoms. The van der Waals surface area contributed by atoms with Gasteiger partial charge in [-0.15, -0.1) is 11.3 Å². The largest absolute Gasteiger partial charge is 0.310 e. The molecule has 0 atom stereocenters. The number of hydrogen-bond donors (Lipinski definition) is 0. The number of nitrogens with zero attached hydrogens (tertiary/aromatic N) is 2. The van der Waals surface area contributed by atoms with Gasteiger partial charge in [0, 0.05) is 59.1 Å². The average Bonchev–Trinajstić information content (AvgIpc) is 4.00. The maximum absolute atomic E-state index is 2.43. The molecule has 0 bridgehead atoms. The fraction of sp³-hybridized carbons (Fsp3) is 0.0476. The number of para-hydroxylation sites is 1. The zero-order valence-corrected chi connectivity index (χ0v) is 37.6. The van der Waals surface area contributed by atoms with Crippen molar-refractivity contribution in [2.24, 2.45) is 0 Å². The second kappa shape index (κ2) is 15.1. The van der Waals surface area contributed by atoms with E-state index in [-0.39, 0.29) is 5.41 Å². The van der Waals surface area contributed by atoms with Crippen molar-refractivity contribution in [3.05, 3.63) is 242 Å². The van der Waals surface area contributed by atoms with Crippen molar-refractivity contribution >= 4 is 70.4 Å². The van der Waals surface area contributed by atoms with Crippen LogP contribution >= 0.6 is 11.3 Å². The summed E-state index contributed by atoms with van der Waals surface area (Å²) < 4.78 is 5.10. The highest BCUT2D eigenvalue weighted by Crippen LogP contribution is 2.51. The van der Waals surface area contributed by atoms with Gasteiger partial charge in [0.05, 0.1) is 11.0 Å². The van der Waals surface area contributed by atoms with Gasteiger partial charge in [-0.1, -0.05) is 172 Å². The van der Waals surface area contributed by atoms with Gasteiger partial charge in [0.25, 0.3) is 0 Å². The van der Waals surface area contributed by atoms with E-state index in [4.69, 9.17) is 0 Å². The summed E-state index contributed by atoms with van der Waals surface area (Å²) in [5.41, 5.74) is 19.5. The smallest absolute Gasteiger partial charge is 0.0555 e. The minimum Gasteiger partial charge on any atom is -0.310 e. The molecule has 0 spiro atoms. The van der Waals surface area contributed by atoms with E-state index in [2.05, 4.69) is 254 Å². The maximum atomic E-state index is 2.43. The van der Waals surface area contributed by atoms with Gasteiger partial charge in [-0.25, -0.2) is 0 Å². The Morgan fingerprint density at radius 1 is 0.379 bits per heavy atom. The lowest BCUT2D eigenvalue weighted by molar-refractivity contribution is 0.660. The SMILES string of the molecule is CC1(C)c2ccccc2-c2ccc(N(c3ccc(-c4ccccc4)cc3)c3ccc(-c4ccc(-c5ccc6c(c5)c5c7sc8ccccc8c7ccc5n6-c5ccccc5)cc4)cc3)cc21. The molecule has 2 nitrogen and oxygen atoms in total. The number of anilines is 3. The predicted octanol–water partition coefficient (Wildman–Crippen LogP) is 17.9. The second-order valence-corrected chi connectivity index (χ2v) is 19.2. The highest BCUT2D eigenvalue weighted by Gasteiger charge is 2.35. The van der Waals surface area contributed by atoms with Crippen LogP contribution in [0.1, 0.15) is 25.0 Å². The molecule has 10 aromatic carbocycles. The van der Waals surface area contributed by atoms with Crippen molar-refractivity contribution in [3.8, 4) is 50.2 Å². The molecule has 0 N–H and O–H groups in total. The average molecular weight is 861 g/mol. The number of thiophene rings is 1. The van der Waals surface area contributed by atoms with Crippen molar-refractivity contribution in [2.45, 2.75) is 19.3 Å². The van der Waals surface area contributed by atoms with Crippen LogP contribution in [-0.2, 0) is 5.41 Å². The first-order chi connectivity index (χ1) is 32.5. The predicted molar refractivity (Wildman–Crippen MR) is 282 cm³/mol. The summed E-state index contributed by atoms with van der Waals surface area (Å²) in [6.07, 6.45) is 0. The maximum Gasteiger partial charge on any atom is 0.0555 e. The molecule has 1 aliphatic carbocycles. The van der Waals surface area contributed by atoms with Crippen LogP contribution in [-0.4, -0.2) is 4.57 Å². The number of benzene rings is 10. The van der Waals surface area contributed by atoms with E-state index >= 15 is 0 Å². The second-order valence-electron chi connectivity index (χ2n) is 18.1. The van der Waals surface area contributed by atoms with Crippen molar-refractivity contribution in [2.75, 3.05) is 4.90 Å². The zero-order valence-electron chi connectivity index (χ0n) is 36.7. The highest BCUT2D eigenvalue weighted by molar-refractivity contribution is 7.26. The standard InChI is InChI=1S/C63H44N2S/c1-63(2)56-19-11-9-17-51(56)52-35-34-50(40-57(52)63)64(48-30-25-43(26-31-48)41-13-5-3-6-14-41)49-32-27-44(28-33-49)42-21-23-45(24-22-42)46-29-37-58-55(39-46)61-59(65(58)47-15-7-4-8-16-47)38-36-54-53-18-10-12-20-60(53)66-62(54)61/h3-40H,1-2H3.